The summed E-state index contributed by atoms with van der Waals surface area (Å²) in [5.41, 5.74) is -0.852. The zero-order chi connectivity index (χ0) is 35.5. The number of nitrogens with one attached hydrogen (secondary N) is 1. The highest BCUT2D eigenvalue weighted by Crippen LogP contribution is 2.76. The molecule has 3 N–H and O–H groups in total. The van der Waals surface area contributed by atoms with Crippen molar-refractivity contribution in [3.63, 3.8) is 0 Å². The zero-order valence-corrected chi connectivity index (χ0v) is 32.2. The van der Waals surface area contributed by atoms with Crippen LogP contribution in [0.1, 0.15) is 145 Å². The van der Waals surface area contributed by atoms with Crippen LogP contribution in [0.25, 0.3) is 0 Å². The first kappa shape index (κ1) is 36.2. The van der Waals surface area contributed by atoms with Crippen LogP contribution >= 0.6 is 11.3 Å². The Labute approximate surface area is 292 Å². The van der Waals surface area contributed by atoms with Gasteiger partial charge in [-0.2, -0.15) is 0 Å². The van der Waals surface area contributed by atoms with Crippen molar-refractivity contribution in [1.29, 1.82) is 0 Å². The number of fused-ring (bicyclic) bond motifs is 6. The van der Waals surface area contributed by atoms with Crippen molar-refractivity contribution in [1.82, 2.24) is 4.98 Å². The first-order valence-electron chi connectivity index (χ1n) is 18.5. The molecule has 4 aliphatic carbocycles. The van der Waals surface area contributed by atoms with Gasteiger partial charge >= 0.3 is 5.97 Å². The number of esters is 1. The van der Waals surface area contributed by atoms with Crippen LogP contribution in [0.5, 0.6) is 0 Å². The summed E-state index contributed by atoms with van der Waals surface area (Å²) in [6, 6.07) is 0. The smallest absolute Gasteiger partial charge is 0.306 e. The quantitative estimate of drug-likeness (QED) is 0.264. The Kier molecular flexibility index (Phi) is 8.67. The molecule has 0 spiro atoms. The van der Waals surface area contributed by atoms with Gasteiger partial charge < -0.3 is 25.0 Å². The van der Waals surface area contributed by atoms with Crippen LogP contribution in [0.2, 0.25) is 0 Å². The summed E-state index contributed by atoms with van der Waals surface area (Å²) in [5, 5.41) is 26.6. The summed E-state index contributed by atoms with van der Waals surface area (Å²) in [5.74, 6) is 0.593. The number of rotatable bonds is 6. The highest BCUT2D eigenvalue weighted by molar-refractivity contribution is 7.15. The Morgan fingerprint density at radius 1 is 0.958 bits per heavy atom. The van der Waals surface area contributed by atoms with E-state index in [1.54, 1.807) is 11.3 Å². The molecule has 270 valence electrons. The first-order valence-corrected chi connectivity index (χ1v) is 19.4. The van der Waals surface area contributed by atoms with E-state index in [9.17, 15) is 19.8 Å². The van der Waals surface area contributed by atoms with Crippen molar-refractivity contribution in [2.75, 3.05) is 5.32 Å². The maximum atomic E-state index is 12.9. The van der Waals surface area contributed by atoms with Crippen LogP contribution in [0.4, 0.5) is 5.13 Å². The van der Waals surface area contributed by atoms with Crippen molar-refractivity contribution < 1.29 is 29.3 Å². The molecule has 0 unspecified atom stereocenters. The van der Waals surface area contributed by atoms with Gasteiger partial charge in [-0.15, -0.1) is 11.3 Å². The number of carbonyl (C=O) groups is 2. The Bertz CT molecular complexity index is 1440. The minimum Gasteiger partial charge on any atom is -0.460 e. The van der Waals surface area contributed by atoms with Crippen molar-refractivity contribution in [2.45, 2.75) is 175 Å². The molecule has 48 heavy (non-hydrogen) atoms. The number of aliphatic hydroxyl groups is 2. The third-order valence-corrected chi connectivity index (χ3v) is 15.5. The Balaban J connectivity index is 1.23. The minimum absolute atomic E-state index is 0.0153. The van der Waals surface area contributed by atoms with Gasteiger partial charge in [0.05, 0.1) is 35.5 Å². The van der Waals surface area contributed by atoms with E-state index < -0.39 is 17.3 Å². The molecule has 0 aromatic carbocycles. The lowest BCUT2D eigenvalue weighted by Gasteiger charge is -2.69. The van der Waals surface area contributed by atoms with Crippen molar-refractivity contribution in [2.24, 2.45) is 39.9 Å². The maximum absolute atomic E-state index is 12.9. The number of anilines is 1. The Morgan fingerprint density at radius 2 is 1.62 bits per heavy atom. The minimum atomic E-state index is -0.874. The topological polar surface area (TPSA) is 118 Å². The lowest BCUT2D eigenvalue weighted by molar-refractivity contribution is -0.227. The summed E-state index contributed by atoms with van der Waals surface area (Å²) < 4.78 is 12.1. The van der Waals surface area contributed by atoms with E-state index in [1.807, 2.05) is 34.6 Å². The molecule has 1 amide bonds. The van der Waals surface area contributed by atoms with Crippen molar-refractivity contribution in [3.8, 4) is 0 Å². The standard InChI is InChI=1S/C39H62N2O6S/c1-33(2,3)47-29(44)13-12-28(43)40-32-41-31-24(48-32)21-36(8)25(34(31,4)5)15-18-37(9)26(36)20-23(42)30-22(14-17-38(30,37)10)39(11)19-16-27(46-39)35(6,7)45/h22-23,25-27,30,42,45H,12-21H2,1-11H3,(H,40,41,43)/t22-,23+,25-,26+,27-,30-,36-,37+,38+,39-/m0/s1. The van der Waals surface area contributed by atoms with Crippen LogP contribution in [0.15, 0.2) is 0 Å². The Hall–Kier alpha value is -1.55. The second-order valence-electron chi connectivity index (χ2n) is 19.4. The van der Waals surface area contributed by atoms with Crippen LogP contribution in [0, 0.1) is 39.9 Å². The molecule has 9 heteroatoms. The molecule has 0 bridgehead atoms. The number of hydrogen-bond acceptors (Lipinski definition) is 8. The third kappa shape index (κ3) is 5.69. The number of amides is 1. The van der Waals surface area contributed by atoms with Gasteiger partial charge in [0.2, 0.25) is 5.91 Å². The summed E-state index contributed by atoms with van der Waals surface area (Å²) >= 11 is 1.58. The molecular formula is C39H62N2O6S. The van der Waals surface area contributed by atoms with Crippen LogP contribution < -0.4 is 5.32 Å². The van der Waals surface area contributed by atoms with E-state index in [-0.39, 0.29) is 69.9 Å². The molecule has 1 aliphatic heterocycles. The molecule has 2 heterocycles. The molecular weight excluding hydrogens is 625 g/mol. The highest BCUT2D eigenvalue weighted by Gasteiger charge is 2.72. The second-order valence-corrected chi connectivity index (χ2v) is 20.5. The van der Waals surface area contributed by atoms with Crippen molar-refractivity contribution >= 4 is 28.3 Å². The van der Waals surface area contributed by atoms with Gasteiger partial charge in [-0.05, 0) is 133 Å². The lowest BCUT2D eigenvalue weighted by atomic mass is 9.35. The van der Waals surface area contributed by atoms with E-state index in [1.165, 1.54) is 4.88 Å². The van der Waals surface area contributed by atoms with Gasteiger partial charge in [0.1, 0.15) is 5.60 Å². The van der Waals surface area contributed by atoms with E-state index in [2.05, 4.69) is 46.9 Å². The fourth-order valence-corrected chi connectivity index (χ4v) is 13.5. The van der Waals surface area contributed by atoms with E-state index in [0.29, 0.717) is 17.0 Å². The van der Waals surface area contributed by atoms with Crippen LogP contribution in [-0.2, 0) is 30.9 Å². The molecule has 4 fully saturated rings. The number of hydrogen-bond donors (Lipinski definition) is 3. The summed E-state index contributed by atoms with van der Waals surface area (Å²) in [6.07, 6.45) is 7.38. The van der Waals surface area contributed by atoms with Crippen LogP contribution in [0.3, 0.4) is 0 Å². The van der Waals surface area contributed by atoms with Gasteiger partial charge in [0.15, 0.2) is 5.13 Å². The predicted molar refractivity (Wildman–Crippen MR) is 189 cm³/mol. The van der Waals surface area contributed by atoms with E-state index in [4.69, 9.17) is 14.5 Å². The molecule has 10 atom stereocenters. The average molecular weight is 687 g/mol. The van der Waals surface area contributed by atoms with Crippen LogP contribution in [-0.4, -0.2) is 56.1 Å². The van der Waals surface area contributed by atoms with Gasteiger partial charge in [0.25, 0.3) is 0 Å². The monoisotopic (exact) mass is 686 g/mol. The van der Waals surface area contributed by atoms with Crippen molar-refractivity contribution in [3.05, 3.63) is 10.6 Å². The largest absolute Gasteiger partial charge is 0.460 e. The molecule has 1 saturated heterocycles. The van der Waals surface area contributed by atoms with E-state index in [0.717, 1.165) is 57.1 Å². The van der Waals surface area contributed by atoms with Gasteiger partial charge in [-0.3, -0.25) is 9.59 Å². The van der Waals surface area contributed by atoms with Gasteiger partial charge in [-0.1, -0.05) is 34.6 Å². The molecule has 1 aromatic heterocycles. The normalized spacial score (nSPS) is 41.9. The SMILES string of the molecule is CC(C)(C)OC(=O)CCC(=O)Nc1nc2c(s1)C[C@]1(C)[C@H]3C[C@@H](O)[C@@H]4[C@@H]([C@]5(C)CC[C@@H](C(C)(C)O)O5)CC[C@@]4(C)[C@]3(C)CC[C@H]1C2(C)C. The first-order chi connectivity index (χ1) is 21.9. The van der Waals surface area contributed by atoms with E-state index >= 15 is 0 Å². The fourth-order valence-electron chi connectivity index (χ4n) is 12.2. The molecule has 3 saturated carbocycles. The number of carbonyl (C=O) groups excluding carboxylic acids is 2. The number of nitrogens with zero attached hydrogens (tertiary/aromatic N) is 1. The maximum Gasteiger partial charge on any atom is 0.306 e. The Morgan fingerprint density at radius 3 is 2.25 bits per heavy atom. The molecule has 1 aromatic rings. The third-order valence-electron chi connectivity index (χ3n) is 14.5. The van der Waals surface area contributed by atoms with Gasteiger partial charge in [0, 0.05) is 16.7 Å². The molecule has 0 radical (unpaired) electrons. The number of thiazole rings is 1. The van der Waals surface area contributed by atoms with Gasteiger partial charge in [-0.25, -0.2) is 4.98 Å². The molecule has 6 rings (SSSR count). The fraction of sp³-hybridized carbons (Fsp3) is 0.872. The zero-order valence-electron chi connectivity index (χ0n) is 31.4. The predicted octanol–water partition coefficient (Wildman–Crippen LogP) is 7.58. The number of ether oxygens (including phenoxy) is 2. The number of aromatic nitrogens is 1. The molecule has 8 nitrogen and oxygen atoms in total. The average Bonchev–Trinajstić information content (AvgIpc) is 3.64. The summed E-state index contributed by atoms with van der Waals surface area (Å²) in [6.45, 7) is 23.6. The summed E-state index contributed by atoms with van der Waals surface area (Å²) in [4.78, 5) is 31.4. The number of aliphatic hydroxyl groups excluding tert-OH is 1. The summed E-state index contributed by atoms with van der Waals surface area (Å²) in [7, 11) is 0. The molecule has 5 aliphatic rings. The second kappa shape index (κ2) is 11.5. The lowest BCUT2D eigenvalue weighted by Crippen LogP contribution is -2.66. The highest BCUT2D eigenvalue weighted by atomic mass is 32.1.